The van der Waals surface area contributed by atoms with Gasteiger partial charge in [0.25, 0.3) is 5.91 Å². The van der Waals surface area contributed by atoms with Crippen LogP contribution >= 0.6 is 0 Å². The lowest BCUT2D eigenvalue weighted by atomic mass is 10.1. The van der Waals surface area contributed by atoms with E-state index in [0.717, 1.165) is 12.1 Å². The largest absolute Gasteiger partial charge is 0.417 e. The number of halogens is 3. The van der Waals surface area contributed by atoms with Gasteiger partial charge in [0.2, 0.25) is 5.91 Å². The Labute approximate surface area is 118 Å². The molecular formula is C13H13F3N2O3. The van der Waals surface area contributed by atoms with Crippen molar-refractivity contribution in [2.75, 3.05) is 19.6 Å². The molecule has 8 heteroatoms. The Bertz CT molecular complexity index is 554. The number of aliphatic hydroxyl groups excluding tert-OH is 1. The molecule has 1 aromatic rings. The van der Waals surface area contributed by atoms with Crippen LogP contribution in [0.3, 0.4) is 0 Å². The van der Waals surface area contributed by atoms with Gasteiger partial charge in [0.15, 0.2) is 0 Å². The first-order valence-corrected chi connectivity index (χ1v) is 6.19. The molecule has 0 bridgehead atoms. The molecule has 1 aliphatic heterocycles. The van der Waals surface area contributed by atoms with E-state index in [9.17, 15) is 22.8 Å². The third-order valence-electron chi connectivity index (χ3n) is 3.09. The van der Waals surface area contributed by atoms with Crippen molar-refractivity contribution in [3.63, 3.8) is 0 Å². The number of β-amino-alcohol motifs (C(OH)–C–C–N with tert-alkyl or cyclic N) is 1. The number of likely N-dealkylation sites (tertiary alicyclic amines) is 1. The van der Waals surface area contributed by atoms with Crippen LogP contribution in [0.2, 0.25) is 0 Å². The summed E-state index contributed by atoms with van der Waals surface area (Å²) in [6, 6.07) is 4.36. The number of hydrogen-bond donors (Lipinski definition) is 2. The van der Waals surface area contributed by atoms with Crippen LogP contribution in [-0.4, -0.2) is 47.6 Å². The lowest BCUT2D eigenvalue weighted by Crippen LogP contribution is -2.55. The quantitative estimate of drug-likeness (QED) is 0.861. The summed E-state index contributed by atoms with van der Waals surface area (Å²) in [5, 5.41) is 11.2. The molecule has 5 nitrogen and oxygen atoms in total. The van der Waals surface area contributed by atoms with Crippen molar-refractivity contribution in [1.29, 1.82) is 0 Å². The third-order valence-corrected chi connectivity index (χ3v) is 3.09. The van der Waals surface area contributed by atoms with Crippen molar-refractivity contribution in [2.24, 2.45) is 0 Å². The van der Waals surface area contributed by atoms with Crippen molar-refractivity contribution in [2.45, 2.75) is 12.3 Å². The summed E-state index contributed by atoms with van der Waals surface area (Å²) in [5.41, 5.74) is -1.57. The second-order valence-corrected chi connectivity index (χ2v) is 4.68. The SMILES string of the molecule is O=C(NCC(=O)N1CC(O)C1)c1ccccc1C(F)(F)F. The molecule has 0 aromatic heterocycles. The maximum Gasteiger partial charge on any atom is 0.417 e. The number of carbonyl (C=O) groups is 2. The number of amides is 2. The van der Waals surface area contributed by atoms with Gasteiger partial charge in [-0.2, -0.15) is 13.2 Å². The second-order valence-electron chi connectivity index (χ2n) is 4.68. The number of rotatable bonds is 3. The molecule has 0 radical (unpaired) electrons. The molecule has 114 valence electrons. The van der Waals surface area contributed by atoms with Crippen molar-refractivity contribution < 1.29 is 27.9 Å². The van der Waals surface area contributed by atoms with E-state index in [1.807, 2.05) is 0 Å². The predicted molar refractivity (Wildman–Crippen MR) is 66.4 cm³/mol. The fraction of sp³-hybridized carbons (Fsp3) is 0.385. The van der Waals surface area contributed by atoms with E-state index in [0.29, 0.717) is 0 Å². The Morgan fingerprint density at radius 1 is 1.29 bits per heavy atom. The minimum absolute atomic E-state index is 0.174. The van der Waals surface area contributed by atoms with E-state index in [-0.39, 0.29) is 13.1 Å². The lowest BCUT2D eigenvalue weighted by Gasteiger charge is -2.35. The summed E-state index contributed by atoms with van der Waals surface area (Å²) in [6.45, 7) is -0.0561. The standard InChI is InChI=1S/C13H13F3N2O3/c14-13(15,16)10-4-2-1-3-9(10)12(21)17-5-11(20)18-6-8(19)7-18/h1-4,8,19H,5-7H2,(H,17,21). The predicted octanol–water partition coefficient (Wildman–Crippen LogP) is 0.638. The monoisotopic (exact) mass is 302 g/mol. The van der Waals surface area contributed by atoms with Gasteiger partial charge in [-0.15, -0.1) is 0 Å². The number of hydrogen-bond acceptors (Lipinski definition) is 3. The molecule has 0 saturated carbocycles. The first-order chi connectivity index (χ1) is 9.79. The Balaban J connectivity index is 1.99. The van der Waals surface area contributed by atoms with Gasteiger partial charge in [0.1, 0.15) is 0 Å². The Kier molecular flexibility index (Phi) is 4.17. The Morgan fingerprint density at radius 3 is 2.48 bits per heavy atom. The van der Waals surface area contributed by atoms with E-state index in [4.69, 9.17) is 5.11 Å². The molecule has 0 unspecified atom stereocenters. The number of nitrogens with one attached hydrogen (secondary N) is 1. The fourth-order valence-corrected chi connectivity index (χ4v) is 1.95. The van der Waals surface area contributed by atoms with Crippen LogP contribution in [0, 0.1) is 0 Å². The Hall–Kier alpha value is -2.09. The van der Waals surface area contributed by atoms with E-state index < -0.39 is 41.8 Å². The van der Waals surface area contributed by atoms with Crippen LogP contribution in [0.15, 0.2) is 24.3 Å². The van der Waals surface area contributed by atoms with Crippen LogP contribution in [0.4, 0.5) is 13.2 Å². The molecule has 0 atom stereocenters. The third kappa shape index (κ3) is 3.52. The smallest absolute Gasteiger partial charge is 0.389 e. The molecule has 1 aliphatic rings. The number of carbonyl (C=O) groups excluding carboxylic acids is 2. The first kappa shape index (κ1) is 15.3. The van der Waals surface area contributed by atoms with Crippen molar-refractivity contribution in [3.05, 3.63) is 35.4 Å². The highest BCUT2D eigenvalue weighted by Crippen LogP contribution is 2.31. The molecule has 2 rings (SSSR count). The minimum atomic E-state index is -4.64. The average molecular weight is 302 g/mol. The summed E-state index contributed by atoms with van der Waals surface area (Å²) >= 11 is 0. The van der Waals surface area contributed by atoms with Crippen molar-refractivity contribution in [3.8, 4) is 0 Å². The summed E-state index contributed by atoms with van der Waals surface area (Å²) < 4.78 is 38.3. The summed E-state index contributed by atoms with van der Waals surface area (Å²) in [7, 11) is 0. The number of aliphatic hydroxyl groups is 1. The van der Waals surface area contributed by atoms with E-state index in [2.05, 4.69) is 5.32 Å². The van der Waals surface area contributed by atoms with Crippen LogP contribution in [-0.2, 0) is 11.0 Å². The highest BCUT2D eigenvalue weighted by atomic mass is 19.4. The molecule has 2 N–H and O–H groups in total. The number of benzene rings is 1. The van der Waals surface area contributed by atoms with E-state index in [1.54, 1.807) is 0 Å². The zero-order valence-electron chi connectivity index (χ0n) is 10.9. The summed E-state index contributed by atoms with van der Waals surface area (Å²) in [6.07, 6.45) is -5.21. The molecule has 1 heterocycles. The maximum absolute atomic E-state index is 12.8. The maximum atomic E-state index is 12.8. The van der Waals surface area contributed by atoms with Gasteiger partial charge in [0.05, 0.1) is 23.8 Å². The van der Waals surface area contributed by atoms with E-state index >= 15 is 0 Å². The zero-order valence-corrected chi connectivity index (χ0v) is 10.9. The van der Waals surface area contributed by atoms with Gasteiger partial charge in [-0.3, -0.25) is 9.59 Å². The van der Waals surface area contributed by atoms with Crippen molar-refractivity contribution in [1.82, 2.24) is 10.2 Å². The summed E-state index contributed by atoms with van der Waals surface area (Å²) in [4.78, 5) is 24.7. The number of nitrogens with zero attached hydrogens (tertiary/aromatic N) is 1. The number of alkyl halides is 3. The molecule has 1 aromatic carbocycles. The average Bonchev–Trinajstić information content (AvgIpc) is 2.40. The normalized spacial score (nSPS) is 15.5. The van der Waals surface area contributed by atoms with Crippen LogP contribution in [0.25, 0.3) is 0 Å². The van der Waals surface area contributed by atoms with Crippen LogP contribution < -0.4 is 5.32 Å². The van der Waals surface area contributed by atoms with E-state index in [1.165, 1.54) is 17.0 Å². The molecule has 0 aliphatic carbocycles. The van der Waals surface area contributed by atoms with Gasteiger partial charge in [0, 0.05) is 13.1 Å². The fourth-order valence-electron chi connectivity index (χ4n) is 1.95. The summed E-state index contributed by atoms with van der Waals surface area (Å²) in [5.74, 6) is -1.41. The topological polar surface area (TPSA) is 69.6 Å². The highest BCUT2D eigenvalue weighted by molar-refractivity contribution is 5.97. The minimum Gasteiger partial charge on any atom is -0.389 e. The van der Waals surface area contributed by atoms with Crippen molar-refractivity contribution >= 4 is 11.8 Å². The van der Waals surface area contributed by atoms with Gasteiger partial charge in [-0.25, -0.2) is 0 Å². The molecule has 1 fully saturated rings. The van der Waals surface area contributed by atoms with Gasteiger partial charge < -0.3 is 15.3 Å². The van der Waals surface area contributed by atoms with Gasteiger partial charge in [-0.05, 0) is 12.1 Å². The first-order valence-electron chi connectivity index (χ1n) is 6.19. The molecule has 21 heavy (non-hydrogen) atoms. The van der Waals surface area contributed by atoms with Gasteiger partial charge in [-0.1, -0.05) is 12.1 Å². The highest BCUT2D eigenvalue weighted by Gasteiger charge is 2.35. The lowest BCUT2D eigenvalue weighted by molar-refractivity contribution is -0.140. The molecular weight excluding hydrogens is 289 g/mol. The van der Waals surface area contributed by atoms with Crippen LogP contribution in [0.5, 0.6) is 0 Å². The Morgan fingerprint density at radius 2 is 1.90 bits per heavy atom. The molecule has 0 spiro atoms. The van der Waals surface area contributed by atoms with Gasteiger partial charge >= 0.3 is 6.18 Å². The zero-order chi connectivity index (χ0) is 15.6. The second kappa shape index (κ2) is 5.72. The molecule has 2 amide bonds. The van der Waals surface area contributed by atoms with Crippen LogP contribution in [0.1, 0.15) is 15.9 Å². The molecule has 1 saturated heterocycles.